The Morgan fingerprint density at radius 2 is 2.38 bits per heavy atom. The van der Waals surface area contributed by atoms with Crippen LogP contribution in [0.1, 0.15) is 23.3 Å². The highest BCUT2D eigenvalue weighted by molar-refractivity contribution is 5.08. The largest absolute Gasteiger partial charge is 0.464 e. The second kappa shape index (κ2) is 4.96. The van der Waals surface area contributed by atoms with Crippen molar-refractivity contribution in [3.63, 3.8) is 0 Å². The number of nitrogens with one attached hydrogen (secondary N) is 2. The first-order valence-electron chi connectivity index (χ1n) is 5.19. The third-order valence-electron chi connectivity index (χ3n) is 2.30. The molecule has 0 aliphatic carbocycles. The van der Waals surface area contributed by atoms with Crippen molar-refractivity contribution in [2.24, 2.45) is 0 Å². The van der Waals surface area contributed by atoms with E-state index in [0.29, 0.717) is 18.8 Å². The summed E-state index contributed by atoms with van der Waals surface area (Å²) in [4.78, 5) is 0. The Morgan fingerprint density at radius 3 is 3.00 bits per heavy atom. The number of aliphatic hydroxyl groups excluding tert-OH is 1. The zero-order valence-electron chi connectivity index (χ0n) is 9.10. The van der Waals surface area contributed by atoms with Gasteiger partial charge in [-0.1, -0.05) is 0 Å². The molecule has 2 aromatic heterocycles. The topological polar surface area (TPSA) is 74.1 Å². The molecule has 3 N–H and O–H groups in total. The van der Waals surface area contributed by atoms with Gasteiger partial charge in [-0.2, -0.15) is 5.10 Å². The molecule has 16 heavy (non-hydrogen) atoms. The first kappa shape index (κ1) is 10.9. The summed E-state index contributed by atoms with van der Waals surface area (Å²) in [7, 11) is 0. The average molecular weight is 221 g/mol. The summed E-state index contributed by atoms with van der Waals surface area (Å²) in [5, 5.41) is 19.6. The van der Waals surface area contributed by atoms with Crippen LogP contribution in [0.4, 0.5) is 0 Å². The number of aromatic nitrogens is 2. The van der Waals surface area contributed by atoms with Crippen LogP contribution in [0.3, 0.4) is 0 Å². The van der Waals surface area contributed by atoms with Gasteiger partial charge < -0.3 is 14.8 Å². The Hall–Kier alpha value is -1.59. The molecule has 0 aromatic carbocycles. The van der Waals surface area contributed by atoms with Crippen LogP contribution in [0.25, 0.3) is 0 Å². The number of aryl methyl sites for hydroxylation is 1. The van der Waals surface area contributed by atoms with Gasteiger partial charge >= 0.3 is 0 Å². The first-order chi connectivity index (χ1) is 7.75. The van der Waals surface area contributed by atoms with Crippen molar-refractivity contribution in [2.45, 2.75) is 19.6 Å². The van der Waals surface area contributed by atoms with Gasteiger partial charge in [0, 0.05) is 25.0 Å². The molecule has 0 amide bonds. The van der Waals surface area contributed by atoms with Crippen LogP contribution < -0.4 is 5.32 Å². The molecule has 0 saturated carbocycles. The molecule has 2 aromatic rings. The van der Waals surface area contributed by atoms with Gasteiger partial charge in [0.1, 0.15) is 17.6 Å². The number of H-pyrrole nitrogens is 1. The van der Waals surface area contributed by atoms with E-state index in [1.807, 2.05) is 19.1 Å². The minimum atomic E-state index is -0.614. The fourth-order valence-electron chi connectivity index (χ4n) is 1.46. The Labute approximate surface area is 93.5 Å². The van der Waals surface area contributed by atoms with Gasteiger partial charge in [-0.15, -0.1) is 0 Å². The minimum Gasteiger partial charge on any atom is -0.464 e. The lowest BCUT2D eigenvalue weighted by Crippen LogP contribution is -2.20. The average Bonchev–Trinajstić information content (AvgIpc) is 2.89. The van der Waals surface area contributed by atoms with E-state index in [2.05, 4.69) is 15.5 Å². The van der Waals surface area contributed by atoms with Gasteiger partial charge in [0.15, 0.2) is 0 Å². The summed E-state index contributed by atoms with van der Waals surface area (Å²) in [5.74, 6) is 1.40. The number of aromatic amines is 1. The SMILES string of the molecule is Cc1ccc(C(O)CNCc2ccn[nH]2)o1. The second-order valence-electron chi connectivity index (χ2n) is 3.68. The van der Waals surface area contributed by atoms with E-state index in [0.717, 1.165) is 11.5 Å². The summed E-state index contributed by atoms with van der Waals surface area (Å²) >= 11 is 0. The van der Waals surface area contributed by atoms with Gasteiger partial charge in [-0.25, -0.2) is 0 Å². The molecule has 0 aliphatic heterocycles. The second-order valence-corrected chi connectivity index (χ2v) is 3.68. The molecule has 0 bridgehead atoms. The van der Waals surface area contributed by atoms with Gasteiger partial charge in [0.05, 0.1) is 0 Å². The fraction of sp³-hybridized carbons (Fsp3) is 0.364. The predicted octanol–water partition coefficient (Wildman–Crippen LogP) is 1.13. The number of hydrogen-bond donors (Lipinski definition) is 3. The van der Waals surface area contributed by atoms with Crippen molar-refractivity contribution >= 4 is 0 Å². The van der Waals surface area contributed by atoms with E-state index in [9.17, 15) is 5.11 Å². The Balaban J connectivity index is 1.78. The maximum absolute atomic E-state index is 9.78. The molecule has 5 heteroatoms. The van der Waals surface area contributed by atoms with Crippen LogP contribution in [0.2, 0.25) is 0 Å². The smallest absolute Gasteiger partial charge is 0.133 e. The number of aliphatic hydroxyl groups is 1. The molecule has 2 rings (SSSR count). The third kappa shape index (κ3) is 2.71. The molecular weight excluding hydrogens is 206 g/mol. The fourth-order valence-corrected chi connectivity index (χ4v) is 1.46. The molecule has 1 unspecified atom stereocenters. The first-order valence-corrected chi connectivity index (χ1v) is 5.19. The van der Waals surface area contributed by atoms with E-state index in [1.165, 1.54) is 0 Å². The van der Waals surface area contributed by atoms with Crippen LogP contribution in [0.15, 0.2) is 28.8 Å². The Kier molecular flexibility index (Phi) is 3.38. The van der Waals surface area contributed by atoms with E-state index in [4.69, 9.17) is 4.42 Å². The van der Waals surface area contributed by atoms with Crippen LogP contribution in [-0.4, -0.2) is 21.8 Å². The molecule has 5 nitrogen and oxygen atoms in total. The summed E-state index contributed by atoms with van der Waals surface area (Å²) in [6, 6.07) is 5.52. The highest BCUT2D eigenvalue weighted by atomic mass is 16.4. The number of furan rings is 1. The molecule has 86 valence electrons. The van der Waals surface area contributed by atoms with Crippen molar-refractivity contribution in [3.05, 3.63) is 41.6 Å². The lowest BCUT2D eigenvalue weighted by Gasteiger charge is -2.08. The summed E-state index contributed by atoms with van der Waals surface area (Å²) in [6.45, 7) is 2.96. The van der Waals surface area contributed by atoms with Gasteiger partial charge in [-0.3, -0.25) is 5.10 Å². The monoisotopic (exact) mass is 221 g/mol. The van der Waals surface area contributed by atoms with Gasteiger partial charge in [-0.05, 0) is 25.1 Å². The van der Waals surface area contributed by atoms with Crippen LogP contribution in [-0.2, 0) is 6.54 Å². The number of nitrogens with zero attached hydrogens (tertiary/aromatic N) is 1. The van der Waals surface area contributed by atoms with Crippen molar-refractivity contribution in [1.82, 2.24) is 15.5 Å². The molecule has 0 radical (unpaired) electrons. The molecule has 0 fully saturated rings. The molecular formula is C11H15N3O2. The van der Waals surface area contributed by atoms with Crippen molar-refractivity contribution in [2.75, 3.05) is 6.54 Å². The van der Waals surface area contributed by atoms with Crippen molar-refractivity contribution < 1.29 is 9.52 Å². The van der Waals surface area contributed by atoms with Crippen LogP contribution in [0, 0.1) is 6.92 Å². The molecule has 0 aliphatic rings. The lowest BCUT2D eigenvalue weighted by atomic mass is 10.2. The highest BCUT2D eigenvalue weighted by Crippen LogP contribution is 2.15. The quantitative estimate of drug-likeness (QED) is 0.707. The van der Waals surface area contributed by atoms with Crippen LogP contribution >= 0.6 is 0 Å². The molecule has 0 saturated heterocycles. The van der Waals surface area contributed by atoms with Gasteiger partial charge in [0.25, 0.3) is 0 Å². The van der Waals surface area contributed by atoms with E-state index < -0.39 is 6.10 Å². The molecule has 2 heterocycles. The number of hydrogen-bond acceptors (Lipinski definition) is 4. The maximum atomic E-state index is 9.78. The van der Waals surface area contributed by atoms with E-state index in [-0.39, 0.29) is 0 Å². The standard InChI is InChI=1S/C11H15N3O2/c1-8-2-3-11(16-8)10(15)7-12-6-9-4-5-13-14-9/h2-5,10,12,15H,6-7H2,1H3,(H,13,14). The summed E-state index contributed by atoms with van der Waals surface area (Å²) in [6.07, 6.45) is 1.08. The predicted molar refractivity (Wildman–Crippen MR) is 58.7 cm³/mol. The van der Waals surface area contributed by atoms with E-state index >= 15 is 0 Å². The zero-order valence-corrected chi connectivity index (χ0v) is 9.10. The summed E-state index contributed by atoms with van der Waals surface area (Å²) in [5.41, 5.74) is 0.989. The Morgan fingerprint density at radius 1 is 1.50 bits per heavy atom. The van der Waals surface area contributed by atoms with Gasteiger partial charge in [0.2, 0.25) is 0 Å². The number of rotatable bonds is 5. The maximum Gasteiger partial charge on any atom is 0.133 e. The normalized spacial score (nSPS) is 12.9. The summed E-state index contributed by atoms with van der Waals surface area (Å²) < 4.78 is 5.32. The highest BCUT2D eigenvalue weighted by Gasteiger charge is 2.10. The minimum absolute atomic E-state index is 0.450. The molecule has 1 atom stereocenters. The van der Waals surface area contributed by atoms with Crippen molar-refractivity contribution in [3.8, 4) is 0 Å². The third-order valence-corrected chi connectivity index (χ3v) is 2.30. The molecule has 0 spiro atoms. The van der Waals surface area contributed by atoms with E-state index in [1.54, 1.807) is 12.3 Å². The Bertz CT molecular complexity index is 422. The lowest BCUT2D eigenvalue weighted by molar-refractivity contribution is 0.145. The van der Waals surface area contributed by atoms with Crippen molar-refractivity contribution in [1.29, 1.82) is 0 Å². The van der Waals surface area contributed by atoms with Crippen LogP contribution in [0.5, 0.6) is 0 Å². The zero-order chi connectivity index (χ0) is 11.4.